The monoisotopic (exact) mass is 440 g/mol. The minimum Gasteiger partial charge on any atom is -0.383 e. The normalized spacial score (nSPS) is 18.3. The molecule has 0 saturated heterocycles. The Balaban J connectivity index is 2.22. The maximum Gasteiger partial charge on any atom is 0.416 e. The van der Waals surface area contributed by atoms with E-state index in [1.807, 2.05) is 0 Å². The third-order valence-corrected chi connectivity index (χ3v) is 5.22. The van der Waals surface area contributed by atoms with Crippen molar-refractivity contribution >= 4 is 45.7 Å². The molecule has 0 amide bonds. The first-order valence-electron chi connectivity index (χ1n) is 7.39. The molecule has 0 saturated carbocycles. The van der Waals surface area contributed by atoms with Crippen molar-refractivity contribution < 1.29 is 17.4 Å². The second kappa shape index (κ2) is 6.97. The van der Waals surface area contributed by atoms with Crippen LogP contribution in [-0.4, -0.2) is 32.2 Å². The molecule has 146 valence electrons. The Hall–Kier alpha value is -1.82. The quantitative estimate of drug-likeness (QED) is 0.681. The third kappa shape index (κ3) is 3.64. The highest BCUT2D eigenvalue weighted by molar-refractivity contribution is 7.84. The number of amidine groups is 1. The van der Waals surface area contributed by atoms with Crippen LogP contribution in [0.25, 0.3) is 5.69 Å². The fourth-order valence-electron chi connectivity index (χ4n) is 2.51. The number of hydrazine groups is 1. The van der Waals surface area contributed by atoms with Crippen LogP contribution in [0, 0.1) is 0 Å². The van der Waals surface area contributed by atoms with Crippen molar-refractivity contribution in [2.75, 3.05) is 12.0 Å². The van der Waals surface area contributed by atoms with Gasteiger partial charge in [-0.25, -0.2) is 15.1 Å². The van der Waals surface area contributed by atoms with Gasteiger partial charge < -0.3 is 11.2 Å². The number of benzene rings is 1. The number of halogens is 5. The van der Waals surface area contributed by atoms with E-state index in [2.05, 4.69) is 20.9 Å². The minimum absolute atomic E-state index is 0.0543. The Morgan fingerprint density at radius 2 is 1.89 bits per heavy atom. The number of alkyl halides is 3. The summed E-state index contributed by atoms with van der Waals surface area (Å²) < 4.78 is 52.1. The minimum atomic E-state index is -4.62. The summed E-state index contributed by atoms with van der Waals surface area (Å²) in [6.07, 6.45) is -3.49. The molecule has 0 spiro atoms. The molecule has 2 unspecified atom stereocenters. The van der Waals surface area contributed by atoms with E-state index in [0.29, 0.717) is 0 Å². The summed E-state index contributed by atoms with van der Waals surface area (Å²) in [7, 11) is -1.57. The molecule has 1 aromatic heterocycles. The first-order valence-corrected chi connectivity index (χ1v) is 9.70. The maximum atomic E-state index is 12.9. The van der Waals surface area contributed by atoms with Gasteiger partial charge >= 0.3 is 6.18 Å². The number of anilines is 1. The summed E-state index contributed by atoms with van der Waals surface area (Å²) in [6, 6.07) is 1.45. The molecule has 4 N–H and O–H groups in total. The van der Waals surface area contributed by atoms with Gasteiger partial charge in [0.1, 0.15) is 28.3 Å². The van der Waals surface area contributed by atoms with E-state index in [1.54, 1.807) is 6.92 Å². The summed E-state index contributed by atoms with van der Waals surface area (Å²) in [6.45, 7) is 1.77. The maximum absolute atomic E-state index is 12.9. The van der Waals surface area contributed by atoms with Crippen LogP contribution in [0.2, 0.25) is 10.0 Å². The van der Waals surface area contributed by atoms with Gasteiger partial charge in [0.2, 0.25) is 0 Å². The zero-order valence-corrected chi connectivity index (χ0v) is 16.2. The Bertz CT molecular complexity index is 951. The number of hydrogen-bond acceptors (Lipinski definition) is 6. The van der Waals surface area contributed by atoms with E-state index in [1.165, 1.54) is 6.26 Å². The van der Waals surface area contributed by atoms with Crippen LogP contribution in [0.4, 0.5) is 19.0 Å². The van der Waals surface area contributed by atoms with Crippen molar-refractivity contribution in [3.63, 3.8) is 0 Å². The van der Waals surface area contributed by atoms with Crippen molar-refractivity contribution in [2.45, 2.75) is 24.2 Å². The highest BCUT2D eigenvalue weighted by Gasteiger charge is 2.33. The highest BCUT2D eigenvalue weighted by atomic mass is 35.5. The SMILES string of the molecule is CC1N=C(c2nn(-c3c(Cl)cc(C(F)(F)F)cc3Cl)c(N)c2S(C)=O)NN1. The molecule has 0 fully saturated rings. The fraction of sp³-hybridized carbons (Fsp3) is 0.286. The van der Waals surface area contributed by atoms with Crippen molar-refractivity contribution in [3.05, 3.63) is 33.4 Å². The van der Waals surface area contributed by atoms with E-state index in [9.17, 15) is 17.4 Å². The number of nitrogens with zero attached hydrogens (tertiary/aromatic N) is 3. The number of aromatic nitrogens is 2. The Morgan fingerprint density at radius 1 is 1.30 bits per heavy atom. The zero-order valence-electron chi connectivity index (χ0n) is 13.9. The molecular weight excluding hydrogens is 428 g/mol. The number of nitrogens with one attached hydrogen (secondary N) is 2. The van der Waals surface area contributed by atoms with Crippen molar-refractivity contribution in [1.82, 2.24) is 20.6 Å². The molecule has 2 atom stereocenters. The van der Waals surface area contributed by atoms with Crippen LogP contribution >= 0.6 is 23.2 Å². The van der Waals surface area contributed by atoms with Gasteiger partial charge in [0, 0.05) is 6.26 Å². The van der Waals surface area contributed by atoms with Gasteiger partial charge in [-0.05, 0) is 19.1 Å². The summed E-state index contributed by atoms with van der Waals surface area (Å²) in [4.78, 5) is 4.41. The molecule has 3 rings (SSSR count). The fourth-order valence-corrected chi connectivity index (χ4v) is 3.95. The standard InChI is InChI=1S/C14H13Cl2F3N6OS/c1-5-21-13(23-22-5)9-11(27(2)26)12(20)25(24-9)10-7(15)3-6(4-8(10)16)14(17,18)19/h3-5,22H,20H2,1-2H3,(H,21,23). The Labute approximate surface area is 164 Å². The van der Waals surface area contributed by atoms with Crippen LogP contribution in [0.5, 0.6) is 0 Å². The van der Waals surface area contributed by atoms with E-state index in [0.717, 1.165) is 16.8 Å². The molecule has 7 nitrogen and oxygen atoms in total. The van der Waals surface area contributed by atoms with Gasteiger partial charge in [-0.15, -0.1) is 0 Å². The van der Waals surface area contributed by atoms with E-state index >= 15 is 0 Å². The van der Waals surface area contributed by atoms with Crippen LogP contribution in [0.15, 0.2) is 22.0 Å². The number of nitrogen functional groups attached to an aromatic ring is 1. The lowest BCUT2D eigenvalue weighted by molar-refractivity contribution is -0.137. The lowest BCUT2D eigenvalue weighted by Gasteiger charge is -2.13. The first kappa shape index (κ1) is 19.9. The number of nitrogens with two attached hydrogens (primary N) is 1. The first-order chi connectivity index (χ1) is 12.5. The highest BCUT2D eigenvalue weighted by Crippen LogP contribution is 2.39. The van der Waals surface area contributed by atoms with E-state index in [-0.39, 0.29) is 44.1 Å². The lowest BCUT2D eigenvalue weighted by atomic mass is 10.2. The predicted molar refractivity (Wildman–Crippen MR) is 97.6 cm³/mol. The predicted octanol–water partition coefficient (Wildman–Crippen LogP) is 2.72. The van der Waals surface area contributed by atoms with Crippen molar-refractivity contribution in [2.24, 2.45) is 4.99 Å². The Kier molecular flexibility index (Phi) is 5.14. The molecule has 0 bridgehead atoms. The van der Waals surface area contributed by atoms with Crippen LogP contribution in [-0.2, 0) is 17.0 Å². The van der Waals surface area contributed by atoms with Gasteiger partial charge in [0.25, 0.3) is 0 Å². The van der Waals surface area contributed by atoms with Gasteiger partial charge in [0.15, 0.2) is 5.84 Å². The molecule has 2 aromatic rings. The molecule has 27 heavy (non-hydrogen) atoms. The number of aliphatic imine (C=N–C) groups is 1. The summed E-state index contributed by atoms with van der Waals surface area (Å²) in [5.74, 6) is 0.218. The number of hydrogen-bond donors (Lipinski definition) is 3. The average molecular weight is 441 g/mol. The number of rotatable bonds is 3. The molecule has 1 aliphatic rings. The van der Waals surface area contributed by atoms with Crippen LogP contribution in [0.3, 0.4) is 0 Å². The average Bonchev–Trinajstić information content (AvgIpc) is 3.10. The molecule has 1 aromatic carbocycles. The van der Waals surface area contributed by atoms with Crippen molar-refractivity contribution in [3.8, 4) is 5.69 Å². The van der Waals surface area contributed by atoms with Crippen LogP contribution < -0.4 is 16.6 Å². The summed E-state index contributed by atoms with van der Waals surface area (Å²) in [5.41, 5.74) is 10.8. The second-order valence-corrected chi connectivity index (χ2v) is 7.77. The molecule has 0 radical (unpaired) electrons. The lowest BCUT2D eigenvalue weighted by Crippen LogP contribution is -2.34. The third-order valence-electron chi connectivity index (χ3n) is 3.67. The topological polar surface area (TPSA) is 97.3 Å². The molecule has 2 heterocycles. The molecular formula is C14H13Cl2F3N6OS. The smallest absolute Gasteiger partial charge is 0.383 e. The van der Waals surface area contributed by atoms with E-state index in [4.69, 9.17) is 28.9 Å². The largest absolute Gasteiger partial charge is 0.416 e. The summed E-state index contributed by atoms with van der Waals surface area (Å²) >= 11 is 12.1. The van der Waals surface area contributed by atoms with Gasteiger partial charge in [-0.1, -0.05) is 23.2 Å². The van der Waals surface area contributed by atoms with Gasteiger partial charge in [0.05, 0.1) is 26.4 Å². The van der Waals surface area contributed by atoms with Crippen LogP contribution in [0.1, 0.15) is 18.2 Å². The zero-order chi connectivity index (χ0) is 20.1. The van der Waals surface area contributed by atoms with Gasteiger partial charge in [-0.2, -0.15) is 18.3 Å². The van der Waals surface area contributed by atoms with E-state index < -0.39 is 22.5 Å². The van der Waals surface area contributed by atoms with Gasteiger partial charge in [-0.3, -0.25) is 4.21 Å². The molecule has 0 aliphatic carbocycles. The van der Waals surface area contributed by atoms with Crippen molar-refractivity contribution in [1.29, 1.82) is 0 Å². The molecule has 13 heteroatoms. The Morgan fingerprint density at radius 3 is 2.33 bits per heavy atom. The summed E-state index contributed by atoms with van der Waals surface area (Å²) in [5, 5.41) is 3.63. The second-order valence-electron chi connectivity index (χ2n) is 5.64. The molecule has 1 aliphatic heterocycles.